The first kappa shape index (κ1) is 14.2. The largest absolute Gasteiger partial charge is 0.338 e. The molecule has 0 bridgehead atoms. The number of Topliss-reactive ketones (excluding diaryl/α,β-unsaturated/α-hetero) is 1. The molecule has 0 spiro atoms. The molecule has 0 atom stereocenters. The van der Waals surface area contributed by atoms with Gasteiger partial charge in [-0.3, -0.25) is 19.7 Å². The van der Waals surface area contributed by atoms with Crippen molar-refractivity contribution in [2.24, 2.45) is 0 Å². The average molecular weight is 276 g/mol. The van der Waals surface area contributed by atoms with Crippen molar-refractivity contribution in [2.75, 3.05) is 7.05 Å². The Balaban J connectivity index is 2.19. The van der Waals surface area contributed by atoms with Gasteiger partial charge in [0.1, 0.15) is 11.3 Å². The molecule has 0 heterocycles. The van der Waals surface area contributed by atoms with Crippen molar-refractivity contribution >= 4 is 17.4 Å². The molecule has 0 unspecified atom stereocenters. The van der Waals surface area contributed by atoms with Crippen LogP contribution in [0, 0.1) is 10.1 Å². The summed E-state index contributed by atoms with van der Waals surface area (Å²) < 4.78 is 0. The normalized spacial score (nSPS) is 15.9. The summed E-state index contributed by atoms with van der Waals surface area (Å²) in [5.74, 6) is -0.149. The van der Waals surface area contributed by atoms with Crippen molar-refractivity contribution in [3.05, 3.63) is 39.9 Å². The van der Waals surface area contributed by atoms with Crippen molar-refractivity contribution in [2.45, 2.75) is 31.7 Å². The summed E-state index contributed by atoms with van der Waals surface area (Å²) in [7, 11) is 1.64. The van der Waals surface area contributed by atoms with Gasteiger partial charge in [0.05, 0.1) is 4.92 Å². The summed E-state index contributed by atoms with van der Waals surface area (Å²) in [5, 5.41) is 11.0. The van der Waals surface area contributed by atoms with Crippen LogP contribution in [0.5, 0.6) is 0 Å². The number of carbonyl (C=O) groups is 2. The lowest BCUT2D eigenvalue weighted by molar-refractivity contribution is -0.385. The second kappa shape index (κ2) is 5.81. The number of nitro benzene ring substituents is 1. The molecule has 0 N–H and O–H groups in total. The Morgan fingerprint density at radius 2 is 1.90 bits per heavy atom. The molecular weight excluding hydrogens is 260 g/mol. The van der Waals surface area contributed by atoms with Gasteiger partial charge in [0.2, 0.25) is 0 Å². The molecule has 1 saturated carbocycles. The minimum absolute atomic E-state index is 0.0278. The molecule has 20 heavy (non-hydrogen) atoms. The number of nitro groups is 1. The highest BCUT2D eigenvalue weighted by Crippen LogP contribution is 2.24. The molecule has 1 fully saturated rings. The van der Waals surface area contributed by atoms with E-state index in [9.17, 15) is 19.7 Å². The van der Waals surface area contributed by atoms with E-state index in [1.165, 1.54) is 23.1 Å². The van der Waals surface area contributed by atoms with E-state index in [1.807, 2.05) is 0 Å². The molecule has 1 aliphatic rings. The highest BCUT2D eigenvalue weighted by Gasteiger charge is 2.29. The van der Waals surface area contributed by atoms with Gasteiger partial charge in [-0.1, -0.05) is 12.1 Å². The number of benzene rings is 1. The summed E-state index contributed by atoms with van der Waals surface area (Å²) in [5.41, 5.74) is -0.0897. The van der Waals surface area contributed by atoms with Crippen molar-refractivity contribution in [3.8, 4) is 0 Å². The lowest BCUT2D eigenvalue weighted by Crippen LogP contribution is -2.39. The van der Waals surface area contributed by atoms with Gasteiger partial charge >= 0.3 is 0 Å². The average Bonchev–Trinajstić information content (AvgIpc) is 2.46. The van der Waals surface area contributed by atoms with E-state index >= 15 is 0 Å². The highest BCUT2D eigenvalue weighted by atomic mass is 16.6. The van der Waals surface area contributed by atoms with Crippen LogP contribution >= 0.6 is 0 Å². The zero-order valence-electron chi connectivity index (χ0n) is 11.2. The molecule has 1 aromatic rings. The standard InChI is InChI=1S/C14H16N2O4/c1-15(10-6-8-11(17)9-7-10)14(18)12-4-2-3-5-13(12)16(19)20/h2-5,10H,6-9H2,1H3. The Morgan fingerprint density at radius 3 is 2.50 bits per heavy atom. The summed E-state index contributed by atoms with van der Waals surface area (Å²) in [6, 6.07) is 5.91. The number of para-hydroxylation sites is 1. The number of hydrogen-bond acceptors (Lipinski definition) is 4. The molecular formula is C14H16N2O4. The molecule has 1 amide bonds. The van der Waals surface area contributed by atoms with Crippen LogP contribution in [0.2, 0.25) is 0 Å². The monoisotopic (exact) mass is 276 g/mol. The fraction of sp³-hybridized carbons (Fsp3) is 0.429. The minimum Gasteiger partial charge on any atom is -0.338 e. The maximum atomic E-state index is 12.4. The number of nitrogens with zero attached hydrogens (tertiary/aromatic N) is 2. The van der Waals surface area contributed by atoms with E-state index in [0.29, 0.717) is 25.7 Å². The van der Waals surface area contributed by atoms with E-state index in [4.69, 9.17) is 0 Å². The van der Waals surface area contributed by atoms with E-state index in [-0.39, 0.29) is 29.0 Å². The van der Waals surface area contributed by atoms with Gasteiger partial charge in [-0.25, -0.2) is 0 Å². The third-order valence-corrected chi connectivity index (χ3v) is 3.71. The maximum Gasteiger partial charge on any atom is 0.282 e. The maximum absolute atomic E-state index is 12.4. The predicted octanol–water partition coefficient (Wildman–Crippen LogP) is 2.18. The lowest BCUT2D eigenvalue weighted by atomic mass is 9.93. The summed E-state index contributed by atoms with van der Waals surface area (Å²) in [6.45, 7) is 0. The Labute approximate surface area is 116 Å². The molecule has 6 heteroatoms. The van der Waals surface area contributed by atoms with Crippen LogP contribution in [0.1, 0.15) is 36.0 Å². The van der Waals surface area contributed by atoms with Gasteiger partial charge in [0.15, 0.2) is 0 Å². The second-order valence-corrected chi connectivity index (χ2v) is 4.96. The first-order valence-electron chi connectivity index (χ1n) is 6.53. The summed E-state index contributed by atoms with van der Waals surface area (Å²) in [6.07, 6.45) is 2.20. The van der Waals surface area contributed by atoms with Gasteiger partial charge in [-0.15, -0.1) is 0 Å². The second-order valence-electron chi connectivity index (χ2n) is 4.96. The smallest absolute Gasteiger partial charge is 0.282 e. The molecule has 0 saturated heterocycles. The number of rotatable bonds is 3. The number of ketones is 1. The predicted molar refractivity (Wildman–Crippen MR) is 72.5 cm³/mol. The quantitative estimate of drug-likeness (QED) is 0.626. The Hall–Kier alpha value is -2.24. The summed E-state index contributed by atoms with van der Waals surface area (Å²) >= 11 is 0. The Kier molecular flexibility index (Phi) is 4.12. The number of amides is 1. The third kappa shape index (κ3) is 2.84. The van der Waals surface area contributed by atoms with Gasteiger partial charge in [-0.2, -0.15) is 0 Å². The van der Waals surface area contributed by atoms with Crippen LogP contribution in [0.25, 0.3) is 0 Å². The van der Waals surface area contributed by atoms with Gasteiger partial charge in [0, 0.05) is 32.0 Å². The molecule has 1 aromatic carbocycles. The van der Waals surface area contributed by atoms with Crippen LogP contribution < -0.4 is 0 Å². The molecule has 0 radical (unpaired) electrons. The molecule has 0 aromatic heterocycles. The molecule has 6 nitrogen and oxygen atoms in total. The summed E-state index contributed by atoms with van der Waals surface area (Å²) in [4.78, 5) is 35.5. The molecule has 106 valence electrons. The lowest BCUT2D eigenvalue weighted by Gasteiger charge is -2.30. The van der Waals surface area contributed by atoms with E-state index in [0.717, 1.165) is 0 Å². The zero-order chi connectivity index (χ0) is 14.7. The number of carbonyl (C=O) groups excluding carboxylic acids is 2. The number of hydrogen-bond donors (Lipinski definition) is 0. The van der Waals surface area contributed by atoms with E-state index in [1.54, 1.807) is 13.1 Å². The minimum atomic E-state index is -0.550. The Morgan fingerprint density at radius 1 is 1.30 bits per heavy atom. The SMILES string of the molecule is CN(C(=O)c1ccccc1[N+](=O)[O-])C1CCC(=O)CC1. The van der Waals surface area contributed by atoms with E-state index < -0.39 is 4.92 Å². The van der Waals surface area contributed by atoms with Crippen molar-refractivity contribution in [1.82, 2.24) is 4.90 Å². The first-order chi connectivity index (χ1) is 9.50. The highest BCUT2D eigenvalue weighted by molar-refractivity contribution is 5.98. The van der Waals surface area contributed by atoms with Crippen LogP contribution in [-0.2, 0) is 4.79 Å². The van der Waals surface area contributed by atoms with Crippen molar-refractivity contribution in [1.29, 1.82) is 0 Å². The van der Waals surface area contributed by atoms with Crippen molar-refractivity contribution < 1.29 is 14.5 Å². The van der Waals surface area contributed by atoms with Gasteiger partial charge in [-0.05, 0) is 18.9 Å². The molecule has 1 aliphatic carbocycles. The topological polar surface area (TPSA) is 80.5 Å². The fourth-order valence-corrected chi connectivity index (χ4v) is 2.48. The van der Waals surface area contributed by atoms with Crippen molar-refractivity contribution in [3.63, 3.8) is 0 Å². The Bertz CT molecular complexity index is 546. The van der Waals surface area contributed by atoms with Crippen LogP contribution in [0.3, 0.4) is 0 Å². The van der Waals surface area contributed by atoms with Gasteiger partial charge < -0.3 is 4.90 Å². The molecule has 0 aliphatic heterocycles. The van der Waals surface area contributed by atoms with E-state index in [2.05, 4.69) is 0 Å². The zero-order valence-corrected chi connectivity index (χ0v) is 11.2. The van der Waals surface area contributed by atoms with Crippen LogP contribution in [0.4, 0.5) is 5.69 Å². The molecule has 2 rings (SSSR count). The first-order valence-corrected chi connectivity index (χ1v) is 6.53. The fourth-order valence-electron chi connectivity index (χ4n) is 2.48. The van der Waals surface area contributed by atoms with Crippen LogP contribution in [0.15, 0.2) is 24.3 Å². The third-order valence-electron chi connectivity index (χ3n) is 3.71. The van der Waals surface area contributed by atoms with Gasteiger partial charge in [0.25, 0.3) is 11.6 Å². The van der Waals surface area contributed by atoms with Crippen LogP contribution in [-0.4, -0.2) is 34.6 Å².